The van der Waals surface area contributed by atoms with Crippen LogP contribution in [0.3, 0.4) is 0 Å². The summed E-state index contributed by atoms with van der Waals surface area (Å²) in [7, 11) is 0. The summed E-state index contributed by atoms with van der Waals surface area (Å²) in [6.45, 7) is 2.55. The predicted octanol–water partition coefficient (Wildman–Crippen LogP) is 3.93. The van der Waals surface area contributed by atoms with Gasteiger partial charge in [0.05, 0.1) is 5.56 Å². The van der Waals surface area contributed by atoms with Gasteiger partial charge < -0.3 is 10.6 Å². The number of amides is 1. The average Bonchev–Trinajstić information content (AvgIpc) is 2.64. The third-order valence-electron chi connectivity index (χ3n) is 3.81. The third-order valence-corrected chi connectivity index (χ3v) is 3.81. The number of hydrogen-bond acceptors (Lipinski definition) is 4. The van der Waals surface area contributed by atoms with Crippen LogP contribution in [0.25, 0.3) is 0 Å². The molecule has 0 saturated heterocycles. The van der Waals surface area contributed by atoms with Gasteiger partial charge in [-0.2, -0.15) is 0 Å². The minimum atomic E-state index is -0.851. The van der Waals surface area contributed by atoms with Crippen molar-refractivity contribution in [3.8, 4) is 0 Å². The number of aromatic nitrogens is 2. The smallest absolute Gasteiger partial charge is 0.258 e. The molecule has 2 aromatic carbocycles. The molecule has 3 aromatic rings. The fourth-order valence-corrected chi connectivity index (χ4v) is 2.32. The molecule has 0 atom stereocenters. The van der Waals surface area contributed by atoms with Crippen molar-refractivity contribution >= 4 is 17.5 Å². The molecule has 0 aliphatic heterocycles. The van der Waals surface area contributed by atoms with Crippen LogP contribution in [0.4, 0.5) is 20.4 Å². The summed E-state index contributed by atoms with van der Waals surface area (Å²) in [5.74, 6) is -2.05. The van der Waals surface area contributed by atoms with Crippen LogP contribution in [0.5, 0.6) is 0 Å². The molecule has 132 valence electrons. The summed E-state index contributed by atoms with van der Waals surface area (Å²) in [5.41, 5.74) is 1.84. The molecular weight excluding hydrogens is 338 g/mol. The first-order chi connectivity index (χ1) is 12.5. The molecule has 2 N–H and O–H groups in total. The third kappa shape index (κ3) is 4.00. The summed E-state index contributed by atoms with van der Waals surface area (Å²) < 4.78 is 27.2. The van der Waals surface area contributed by atoms with E-state index in [0.29, 0.717) is 12.5 Å². The molecule has 0 bridgehead atoms. The number of aryl methyl sites for hydroxylation is 1. The Hall–Kier alpha value is -3.35. The molecule has 0 saturated carbocycles. The molecule has 1 heterocycles. The lowest BCUT2D eigenvalue weighted by molar-refractivity contribution is 0.102. The van der Waals surface area contributed by atoms with Crippen LogP contribution in [0, 0.1) is 18.6 Å². The van der Waals surface area contributed by atoms with Crippen LogP contribution in [-0.4, -0.2) is 15.9 Å². The summed E-state index contributed by atoms with van der Waals surface area (Å²) >= 11 is 0. The van der Waals surface area contributed by atoms with E-state index in [1.165, 1.54) is 18.5 Å². The van der Waals surface area contributed by atoms with E-state index >= 15 is 0 Å². The van der Waals surface area contributed by atoms with Crippen molar-refractivity contribution in [1.29, 1.82) is 0 Å². The molecule has 0 spiro atoms. The first-order valence-corrected chi connectivity index (χ1v) is 7.90. The van der Waals surface area contributed by atoms with Crippen molar-refractivity contribution in [3.63, 3.8) is 0 Å². The molecule has 26 heavy (non-hydrogen) atoms. The fraction of sp³-hybridized carbons (Fsp3) is 0.105. The first kappa shape index (κ1) is 17.5. The largest absolute Gasteiger partial charge is 0.350 e. The van der Waals surface area contributed by atoms with Gasteiger partial charge in [-0.3, -0.25) is 4.79 Å². The number of benzene rings is 2. The van der Waals surface area contributed by atoms with Crippen LogP contribution < -0.4 is 10.6 Å². The van der Waals surface area contributed by atoms with Crippen molar-refractivity contribution < 1.29 is 13.6 Å². The predicted molar refractivity (Wildman–Crippen MR) is 94.8 cm³/mol. The maximum atomic E-state index is 13.6. The van der Waals surface area contributed by atoms with Crippen LogP contribution in [0.15, 0.2) is 54.9 Å². The number of para-hydroxylation sites is 1. The number of nitrogens with zero attached hydrogens (tertiary/aromatic N) is 2. The van der Waals surface area contributed by atoms with Crippen molar-refractivity contribution in [2.45, 2.75) is 13.5 Å². The van der Waals surface area contributed by atoms with Crippen LogP contribution >= 0.6 is 0 Å². The van der Waals surface area contributed by atoms with Gasteiger partial charge in [-0.25, -0.2) is 18.7 Å². The average molecular weight is 354 g/mol. The second-order valence-corrected chi connectivity index (χ2v) is 5.63. The van der Waals surface area contributed by atoms with Crippen molar-refractivity contribution in [3.05, 3.63) is 83.2 Å². The van der Waals surface area contributed by atoms with Crippen LogP contribution in [-0.2, 0) is 6.54 Å². The maximum absolute atomic E-state index is 13.6. The SMILES string of the molecule is Cc1ccccc1CNc1ncc(C(=O)Nc2c(F)cccc2F)cn1. The molecule has 0 aliphatic carbocycles. The number of nitrogens with one attached hydrogen (secondary N) is 2. The highest BCUT2D eigenvalue weighted by atomic mass is 19.1. The van der Waals surface area contributed by atoms with E-state index in [1.54, 1.807) is 0 Å². The lowest BCUT2D eigenvalue weighted by Crippen LogP contribution is -2.15. The number of hydrogen-bond donors (Lipinski definition) is 2. The Bertz CT molecular complexity index is 909. The van der Waals surface area contributed by atoms with Gasteiger partial charge in [-0.1, -0.05) is 30.3 Å². The van der Waals surface area contributed by atoms with Gasteiger partial charge in [0.15, 0.2) is 0 Å². The van der Waals surface area contributed by atoms with Crippen molar-refractivity contribution in [1.82, 2.24) is 9.97 Å². The van der Waals surface area contributed by atoms with E-state index in [2.05, 4.69) is 20.6 Å². The minimum Gasteiger partial charge on any atom is -0.350 e. The minimum absolute atomic E-state index is 0.0918. The zero-order chi connectivity index (χ0) is 18.5. The molecule has 1 aromatic heterocycles. The Kier molecular flexibility index (Phi) is 5.17. The molecular formula is C19H16F2N4O. The Morgan fingerprint density at radius 3 is 2.31 bits per heavy atom. The summed E-state index contributed by atoms with van der Waals surface area (Å²) in [6, 6.07) is 11.3. The van der Waals surface area contributed by atoms with E-state index in [9.17, 15) is 13.6 Å². The first-order valence-electron chi connectivity index (χ1n) is 7.90. The fourth-order valence-electron chi connectivity index (χ4n) is 2.32. The zero-order valence-electron chi connectivity index (χ0n) is 14.0. The highest BCUT2D eigenvalue weighted by Gasteiger charge is 2.14. The van der Waals surface area contributed by atoms with Crippen molar-refractivity contribution in [2.24, 2.45) is 0 Å². The number of carbonyl (C=O) groups excluding carboxylic acids is 1. The van der Waals surface area contributed by atoms with Crippen LogP contribution in [0.1, 0.15) is 21.5 Å². The summed E-state index contributed by atoms with van der Waals surface area (Å²) in [5, 5.41) is 5.25. The lowest BCUT2D eigenvalue weighted by Gasteiger charge is -2.09. The van der Waals surface area contributed by atoms with E-state index in [-0.39, 0.29) is 5.56 Å². The second kappa shape index (κ2) is 7.69. The molecule has 0 fully saturated rings. The standard InChI is InChI=1S/C19H16F2N4O/c1-12-5-2-3-6-13(12)9-22-19-23-10-14(11-24-19)18(26)25-17-15(20)7-4-8-16(17)21/h2-8,10-11H,9H2,1H3,(H,25,26)(H,22,23,24). The zero-order valence-corrected chi connectivity index (χ0v) is 14.0. The lowest BCUT2D eigenvalue weighted by atomic mass is 10.1. The highest BCUT2D eigenvalue weighted by molar-refractivity contribution is 6.04. The van der Waals surface area contributed by atoms with Gasteiger partial charge in [0.25, 0.3) is 5.91 Å². The van der Waals surface area contributed by atoms with Gasteiger partial charge in [0, 0.05) is 18.9 Å². The monoisotopic (exact) mass is 354 g/mol. The van der Waals surface area contributed by atoms with Crippen molar-refractivity contribution in [2.75, 3.05) is 10.6 Å². The van der Waals surface area contributed by atoms with Gasteiger partial charge in [0.1, 0.15) is 17.3 Å². The highest BCUT2D eigenvalue weighted by Crippen LogP contribution is 2.19. The summed E-state index contributed by atoms with van der Waals surface area (Å²) in [4.78, 5) is 20.2. The Labute approximate surface area is 149 Å². The molecule has 3 rings (SSSR count). The Balaban J connectivity index is 1.65. The maximum Gasteiger partial charge on any atom is 0.258 e. The van der Waals surface area contributed by atoms with E-state index in [1.807, 2.05) is 31.2 Å². The Morgan fingerprint density at radius 1 is 1.00 bits per heavy atom. The van der Waals surface area contributed by atoms with Gasteiger partial charge in [-0.15, -0.1) is 0 Å². The topological polar surface area (TPSA) is 66.9 Å². The van der Waals surface area contributed by atoms with Gasteiger partial charge in [0.2, 0.25) is 5.95 Å². The Morgan fingerprint density at radius 2 is 1.65 bits per heavy atom. The van der Waals surface area contributed by atoms with E-state index in [4.69, 9.17) is 0 Å². The molecule has 0 aliphatic rings. The van der Waals surface area contributed by atoms with E-state index < -0.39 is 23.2 Å². The van der Waals surface area contributed by atoms with Crippen LogP contribution in [0.2, 0.25) is 0 Å². The van der Waals surface area contributed by atoms with E-state index in [0.717, 1.165) is 23.3 Å². The number of anilines is 2. The molecule has 0 radical (unpaired) electrons. The molecule has 0 unspecified atom stereocenters. The van der Waals surface area contributed by atoms with Gasteiger partial charge in [-0.05, 0) is 30.2 Å². The number of rotatable bonds is 5. The van der Waals surface area contributed by atoms with Gasteiger partial charge >= 0.3 is 0 Å². The summed E-state index contributed by atoms with van der Waals surface area (Å²) in [6.07, 6.45) is 2.59. The number of halogens is 2. The molecule has 7 heteroatoms. The molecule has 5 nitrogen and oxygen atoms in total. The number of carbonyl (C=O) groups is 1. The second-order valence-electron chi connectivity index (χ2n) is 5.63. The normalized spacial score (nSPS) is 10.4. The molecule has 1 amide bonds. The quantitative estimate of drug-likeness (QED) is 0.729.